The van der Waals surface area contributed by atoms with Gasteiger partial charge >= 0.3 is 5.97 Å². The van der Waals surface area contributed by atoms with Gasteiger partial charge in [0.15, 0.2) is 5.01 Å². The lowest BCUT2D eigenvalue weighted by Crippen LogP contribution is -2.22. The van der Waals surface area contributed by atoms with Gasteiger partial charge in [0.05, 0.1) is 5.92 Å². The van der Waals surface area contributed by atoms with E-state index >= 15 is 0 Å². The Labute approximate surface area is 132 Å². The normalized spacial score (nSPS) is 18.2. The topological polar surface area (TPSA) is 66.3 Å². The van der Waals surface area contributed by atoms with Crippen LogP contribution in [0.25, 0.3) is 10.6 Å². The third-order valence-electron chi connectivity index (χ3n) is 3.38. The second-order valence-electron chi connectivity index (χ2n) is 4.78. The highest BCUT2D eigenvalue weighted by Gasteiger charge is 2.30. The van der Waals surface area contributed by atoms with Gasteiger partial charge in [-0.2, -0.15) is 0 Å². The Bertz CT molecular complexity index is 694. The molecule has 2 heterocycles. The fraction of sp³-hybridized carbons (Fsp3) is 0.308. The van der Waals surface area contributed by atoms with Gasteiger partial charge in [-0.25, -0.2) is 4.39 Å². The van der Waals surface area contributed by atoms with E-state index in [-0.39, 0.29) is 11.7 Å². The molecule has 1 aliphatic heterocycles. The van der Waals surface area contributed by atoms with Crippen molar-refractivity contribution in [1.82, 2.24) is 10.2 Å². The first-order valence-electron chi connectivity index (χ1n) is 6.31. The number of anilines is 1. The minimum absolute atomic E-state index is 0.356. The first kappa shape index (κ1) is 14.4. The number of nitrogens with zero attached hydrogens (tertiary/aromatic N) is 3. The molecule has 1 fully saturated rings. The van der Waals surface area contributed by atoms with Crippen molar-refractivity contribution in [3.8, 4) is 10.6 Å². The van der Waals surface area contributed by atoms with Crippen LogP contribution >= 0.6 is 27.3 Å². The molecule has 1 unspecified atom stereocenters. The van der Waals surface area contributed by atoms with Crippen molar-refractivity contribution >= 4 is 38.4 Å². The summed E-state index contributed by atoms with van der Waals surface area (Å²) in [5.41, 5.74) is 0.391. The molecule has 2 aromatic rings. The summed E-state index contributed by atoms with van der Waals surface area (Å²) >= 11 is 4.57. The molecule has 1 N–H and O–H groups in total. The largest absolute Gasteiger partial charge is 0.481 e. The molecule has 0 radical (unpaired) electrons. The van der Waals surface area contributed by atoms with Crippen molar-refractivity contribution < 1.29 is 14.3 Å². The lowest BCUT2D eigenvalue weighted by Gasteiger charge is -2.12. The molecule has 3 rings (SSSR count). The predicted octanol–water partition coefficient (Wildman–Crippen LogP) is 3.02. The van der Waals surface area contributed by atoms with Crippen LogP contribution in [0.1, 0.15) is 6.42 Å². The zero-order valence-electron chi connectivity index (χ0n) is 10.8. The quantitative estimate of drug-likeness (QED) is 0.897. The van der Waals surface area contributed by atoms with Gasteiger partial charge in [0.1, 0.15) is 5.82 Å². The smallest absolute Gasteiger partial charge is 0.308 e. The van der Waals surface area contributed by atoms with Crippen LogP contribution < -0.4 is 4.90 Å². The summed E-state index contributed by atoms with van der Waals surface area (Å²) in [4.78, 5) is 12.9. The molecule has 1 atom stereocenters. The van der Waals surface area contributed by atoms with Crippen LogP contribution in [0.3, 0.4) is 0 Å². The van der Waals surface area contributed by atoms with Crippen LogP contribution in [-0.2, 0) is 4.79 Å². The van der Waals surface area contributed by atoms with E-state index in [1.807, 2.05) is 4.90 Å². The minimum Gasteiger partial charge on any atom is -0.481 e. The van der Waals surface area contributed by atoms with Gasteiger partial charge in [-0.15, -0.1) is 10.2 Å². The van der Waals surface area contributed by atoms with Crippen LogP contribution in [0.15, 0.2) is 22.7 Å². The van der Waals surface area contributed by atoms with Crippen LogP contribution in [0.4, 0.5) is 9.52 Å². The average molecular weight is 372 g/mol. The second kappa shape index (κ2) is 5.69. The van der Waals surface area contributed by atoms with E-state index < -0.39 is 5.97 Å². The minimum atomic E-state index is -0.791. The Morgan fingerprint density at radius 2 is 2.29 bits per heavy atom. The molecule has 21 heavy (non-hydrogen) atoms. The van der Waals surface area contributed by atoms with Gasteiger partial charge in [0.2, 0.25) is 5.13 Å². The van der Waals surface area contributed by atoms with Crippen LogP contribution in [-0.4, -0.2) is 34.4 Å². The molecular weight excluding hydrogens is 361 g/mol. The molecule has 0 bridgehead atoms. The van der Waals surface area contributed by atoms with Crippen molar-refractivity contribution in [1.29, 1.82) is 0 Å². The van der Waals surface area contributed by atoms with Gasteiger partial charge in [-0.1, -0.05) is 27.3 Å². The summed E-state index contributed by atoms with van der Waals surface area (Å²) in [5, 5.41) is 18.2. The molecule has 1 saturated heterocycles. The highest BCUT2D eigenvalue weighted by Crippen LogP contribution is 2.34. The average Bonchev–Trinajstić information content (AvgIpc) is 3.09. The van der Waals surface area contributed by atoms with Crippen molar-refractivity contribution in [2.24, 2.45) is 5.92 Å². The summed E-state index contributed by atoms with van der Waals surface area (Å²) in [6.45, 7) is 1.05. The SMILES string of the molecule is O=C(O)C1CCN(c2nnc(-c3cc(Br)ccc3F)s2)C1. The van der Waals surface area contributed by atoms with E-state index in [1.54, 1.807) is 12.1 Å². The third kappa shape index (κ3) is 2.91. The van der Waals surface area contributed by atoms with Gasteiger partial charge in [0.25, 0.3) is 0 Å². The van der Waals surface area contributed by atoms with Crippen LogP contribution in [0.5, 0.6) is 0 Å². The number of aromatic nitrogens is 2. The van der Waals surface area contributed by atoms with E-state index in [9.17, 15) is 9.18 Å². The van der Waals surface area contributed by atoms with Crippen molar-refractivity contribution in [3.63, 3.8) is 0 Å². The van der Waals surface area contributed by atoms with Gasteiger partial charge < -0.3 is 10.0 Å². The molecule has 1 aromatic carbocycles. The summed E-state index contributed by atoms with van der Waals surface area (Å²) < 4.78 is 14.6. The summed E-state index contributed by atoms with van der Waals surface area (Å²) in [6.07, 6.45) is 0.593. The second-order valence-corrected chi connectivity index (χ2v) is 6.66. The Morgan fingerprint density at radius 3 is 3.00 bits per heavy atom. The molecule has 8 heteroatoms. The van der Waals surface area contributed by atoms with E-state index in [0.29, 0.717) is 35.2 Å². The number of carbonyl (C=O) groups is 1. The molecule has 1 aliphatic rings. The van der Waals surface area contributed by atoms with Gasteiger partial charge in [-0.3, -0.25) is 4.79 Å². The number of aliphatic carboxylic acids is 1. The van der Waals surface area contributed by atoms with Gasteiger partial charge in [-0.05, 0) is 24.6 Å². The maximum Gasteiger partial charge on any atom is 0.308 e. The van der Waals surface area contributed by atoms with Crippen molar-refractivity contribution in [2.75, 3.05) is 18.0 Å². The molecule has 1 aromatic heterocycles. The van der Waals surface area contributed by atoms with Crippen LogP contribution in [0.2, 0.25) is 0 Å². The summed E-state index contributed by atoms with van der Waals surface area (Å²) in [6, 6.07) is 4.65. The molecule has 0 amide bonds. The summed E-state index contributed by atoms with van der Waals surface area (Å²) in [5.74, 6) is -1.52. The highest BCUT2D eigenvalue weighted by atomic mass is 79.9. The number of hydrogen-bond acceptors (Lipinski definition) is 5. The van der Waals surface area contributed by atoms with Gasteiger partial charge in [0, 0.05) is 23.1 Å². The van der Waals surface area contributed by atoms with E-state index in [2.05, 4.69) is 26.1 Å². The summed E-state index contributed by atoms with van der Waals surface area (Å²) in [7, 11) is 0. The van der Waals surface area contributed by atoms with E-state index in [1.165, 1.54) is 17.4 Å². The molecule has 0 aliphatic carbocycles. The molecular formula is C13H11BrFN3O2S. The Kier molecular flexibility index (Phi) is 3.90. The lowest BCUT2D eigenvalue weighted by molar-refractivity contribution is -0.140. The van der Waals surface area contributed by atoms with Crippen LogP contribution in [0, 0.1) is 11.7 Å². The predicted molar refractivity (Wildman–Crippen MR) is 81.0 cm³/mol. The standard InChI is InChI=1S/C13H11BrFN3O2S/c14-8-1-2-10(15)9(5-8)11-16-17-13(21-11)18-4-3-7(6-18)12(19)20/h1-2,5,7H,3-4,6H2,(H,19,20). The molecule has 110 valence electrons. The fourth-order valence-electron chi connectivity index (χ4n) is 2.25. The maximum absolute atomic E-state index is 13.8. The van der Waals surface area contributed by atoms with Crippen molar-refractivity contribution in [3.05, 3.63) is 28.5 Å². The Hall–Kier alpha value is -1.54. The Morgan fingerprint density at radius 1 is 1.48 bits per heavy atom. The number of rotatable bonds is 3. The number of benzene rings is 1. The number of hydrogen-bond donors (Lipinski definition) is 1. The van der Waals surface area contributed by atoms with E-state index in [4.69, 9.17) is 5.11 Å². The number of carboxylic acid groups (broad SMARTS) is 1. The lowest BCUT2D eigenvalue weighted by atomic mass is 10.1. The maximum atomic E-state index is 13.8. The number of halogens is 2. The van der Waals surface area contributed by atoms with Crippen molar-refractivity contribution in [2.45, 2.75) is 6.42 Å². The molecule has 0 spiro atoms. The molecule has 5 nitrogen and oxygen atoms in total. The number of carboxylic acids is 1. The Balaban J connectivity index is 1.84. The fourth-order valence-corrected chi connectivity index (χ4v) is 3.51. The molecule has 0 saturated carbocycles. The first-order valence-corrected chi connectivity index (χ1v) is 7.92. The monoisotopic (exact) mass is 371 g/mol. The first-order chi connectivity index (χ1) is 10.0. The van der Waals surface area contributed by atoms with E-state index in [0.717, 1.165) is 4.47 Å². The zero-order valence-corrected chi connectivity index (χ0v) is 13.2. The zero-order chi connectivity index (χ0) is 15.0. The highest BCUT2D eigenvalue weighted by molar-refractivity contribution is 9.10. The third-order valence-corrected chi connectivity index (χ3v) is 4.89.